The third kappa shape index (κ3) is 6.45. The Morgan fingerprint density at radius 2 is 2.23 bits per heavy atom. The molecule has 0 radical (unpaired) electrons. The number of nitrogens with one attached hydrogen (secondary N) is 1. The molecule has 1 atom stereocenters. The first-order valence-electron chi connectivity index (χ1n) is 7.40. The molecule has 1 aliphatic rings. The number of likely N-dealkylation sites (tertiary alicyclic amines) is 1. The number of piperidine rings is 1. The van der Waals surface area contributed by atoms with Crippen molar-refractivity contribution in [2.45, 2.75) is 31.6 Å². The summed E-state index contributed by atoms with van der Waals surface area (Å²) in [5.41, 5.74) is 0. The average Bonchev–Trinajstić information content (AvgIpc) is 2.92. The molecule has 2 rings (SSSR count). The molecule has 8 heteroatoms. The van der Waals surface area contributed by atoms with Crippen LogP contribution in [0.2, 0.25) is 0 Å². The van der Waals surface area contributed by atoms with Gasteiger partial charge in [0.1, 0.15) is 12.4 Å². The first-order valence-corrected chi connectivity index (χ1v) is 9.29. The summed E-state index contributed by atoms with van der Waals surface area (Å²) in [5, 5.41) is 9.97. The molecular weight excluding hydrogens is 308 g/mol. The van der Waals surface area contributed by atoms with Gasteiger partial charge >= 0.3 is 0 Å². The minimum Gasteiger partial charge on any atom is -0.467 e. The van der Waals surface area contributed by atoms with E-state index in [0.717, 1.165) is 31.7 Å². The summed E-state index contributed by atoms with van der Waals surface area (Å²) in [4.78, 5) is 2.13. The van der Waals surface area contributed by atoms with E-state index in [9.17, 15) is 13.5 Å². The smallest absolute Gasteiger partial charge is 0.208 e. The van der Waals surface area contributed by atoms with Crippen molar-refractivity contribution >= 4 is 10.0 Å². The van der Waals surface area contributed by atoms with E-state index in [4.69, 9.17) is 9.15 Å². The maximum absolute atomic E-state index is 11.2. The number of aliphatic hydroxyl groups is 1. The van der Waals surface area contributed by atoms with E-state index in [1.807, 2.05) is 6.07 Å². The molecule has 1 unspecified atom stereocenters. The van der Waals surface area contributed by atoms with Gasteiger partial charge in [-0.05, 0) is 38.1 Å². The molecule has 7 nitrogen and oxygen atoms in total. The highest BCUT2D eigenvalue weighted by molar-refractivity contribution is 7.88. The second-order valence-electron chi connectivity index (χ2n) is 5.71. The highest BCUT2D eigenvalue weighted by Gasteiger charge is 2.22. The van der Waals surface area contributed by atoms with E-state index in [-0.39, 0.29) is 12.6 Å². The average molecular weight is 332 g/mol. The van der Waals surface area contributed by atoms with Crippen molar-refractivity contribution in [3.05, 3.63) is 24.2 Å². The zero-order chi connectivity index (χ0) is 16.0. The van der Waals surface area contributed by atoms with Gasteiger partial charge in [0.15, 0.2) is 0 Å². The van der Waals surface area contributed by atoms with Crippen LogP contribution in [0.3, 0.4) is 0 Å². The Kier molecular flexibility index (Phi) is 6.39. The first kappa shape index (κ1) is 17.4. The van der Waals surface area contributed by atoms with Crippen LogP contribution < -0.4 is 4.72 Å². The second kappa shape index (κ2) is 8.07. The van der Waals surface area contributed by atoms with Crippen molar-refractivity contribution in [1.29, 1.82) is 0 Å². The Bertz CT molecular complexity index is 523. The van der Waals surface area contributed by atoms with Gasteiger partial charge < -0.3 is 19.2 Å². The second-order valence-corrected chi connectivity index (χ2v) is 7.49. The number of hydrogen-bond acceptors (Lipinski definition) is 6. The van der Waals surface area contributed by atoms with Gasteiger partial charge in [-0.15, -0.1) is 0 Å². The zero-order valence-electron chi connectivity index (χ0n) is 12.8. The Morgan fingerprint density at radius 1 is 1.50 bits per heavy atom. The molecule has 1 fully saturated rings. The third-order valence-electron chi connectivity index (χ3n) is 3.57. The fraction of sp³-hybridized carbons (Fsp3) is 0.714. The van der Waals surface area contributed by atoms with E-state index in [0.29, 0.717) is 13.2 Å². The number of rotatable bonds is 8. The van der Waals surface area contributed by atoms with Gasteiger partial charge in [0, 0.05) is 12.6 Å². The standard InChI is InChI=1S/C14H24N2O5S/c1-22(18,19)15-12-4-6-16(7-5-12)9-13(17)10-20-11-14-3-2-8-21-14/h2-3,8,12-13,15,17H,4-7,9-11H2,1H3. The van der Waals surface area contributed by atoms with Gasteiger partial charge in [-0.2, -0.15) is 0 Å². The molecule has 0 amide bonds. The number of aliphatic hydroxyl groups excluding tert-OH is 1. The topological polar surface area (TPSA) is 92.0 Å². The van der Waals surface area contributed by atoms with Crippen LogP contribution in [-0.4, -0.2) is 63.1 Å². The molecule has 126 valence electrons. The lowest BCUT2D eigenvalue weighted by molar-refractivity contribution is 0.00161. The molecule has 0 aromatic carbocycles. The lowest BCUT2D eigenvalue weighted by Crippen LogP contribution is -2.46. The largest absolute Gasteiger partial charge is 0.467 e. The van der Waals surface area contributed by atoms with Crippen LogP contribution in [0.15, 0.2) is 22.8 Å². The van der Waals surface area contributed by atoms with Crippen molar-refractivity contribution in [3.63, 3.8) is 0 Å². The Labute approximate surface area is 131 Å². The molecule has 2 heterocycles. The fourth-order valence-corrected chi connectivity index (χ4v) is 3.42. The molecule has 22 heavy (non-hydrogen) atoms. The molecule has 0 spiro atoms. The lowest BCUT2D eigenvalue weighted by Gasteiger charge is -2.33. The van der Waals surface area contributed by atoms with Gasteiger partial charge in [0.25, 0.3) is 0 Å². The zero-order valence-corrected chi connectivity index (χ0v) is 13.6. The van der Waals surface area contributed by atoms with Crippen LogP contribution >= 0.6 is 0 Å². The SMILES string of the molecule is CS(=O)(=O)NC1CCN(CC(O)COCc2ccco2)CC1. The van der Waals surface area contributed by atoms with E-state index in [1.54, 1.807) is 12.3 Å². The van der Waals surface area contributed by atoms with Gasteiger partial charge in [-0.25, -0.2) is 13.1 Å². The summed E-state index contributed by atoms with van der Waals surface area (Å²) >= 11 is 0. The highest BCUT2D eigenvalue weighted by Crippen LogP contribution is 2.11. The minimum atomic E-state index is -3.14. The molecule has 0 bridgehead atoms. The monoisotopic (exact) mass is 332 g/mol. The third-order valence-corrected chi connectivity index (χ3v) is 4.33. The summed E-state index contributed by atoms with van der Waals surface area (Å²) in [7, 11) is -3.14. The molecule has 0 saturated carbocycles. The van der Waals surface area contributed by atoms with Crippen LogP contribution in [-0.2, 0) is 21.4 Å². The van der Waals surface area contributed by atoms with Crippen LogP contribution in [0, 0.1) is 0 Å². The van der Waals surface area contributed by atoms with Gasteiger partial charge in [-0.1, -0.05) is 0 Å². The van der Waals surface area contributed by atoms with E-state index >= 15 is 0 Å². The number of nitrogens with zero attached hydrogens (tertiary/aromatic N) is 1. The normalized spacial score (nSPS) is 19.4. The van der Waals surface area contributed by atoms with Crippen molar-refractivity contribution < 1.29 is 22.7 Å². The lowest BCUT2D eigenvalue weighted by atomic mass is 10.1. The van der Waals surface area contributed by atoms with Crippen molar-refractivity contribution in [1.82, 2.24) is 9.62 Å². The minimum absolute atomic E-state index is 0.00130. The Morgan fingerprint density at radius 3 is 2.82 bits per heavy atom. The number of hydrogen-bond donors (Lipinski definition) is 2. The van der Waals surface area contributed by atoms with E-state index in [1.165, 1.54) is 6.26 Å². The maximum atomic E-state index is 11.2. The predicted octanol–water partition coefficient (Wildman–Crippen LogP) is 0.171. The van der Waals surface area contributed by atoms with Crippen LogP contribution in [0.1, 0.15) is 18.6 Å². The number of ether oxygens (including phenoxy) is 1. The molecule has 1 aromatic rings. The molecular formula is C14H24N2O5S. The summed E-state index contributed by atoms with van der Waals surface area (Å²) in [6.07, 6.45) is 3.72. The number of furan rings is 1. The number of β-amino-alcohol motifs (C(OH)–C–C–N with tert-alkyl or cyclic N) is 1. The first-order chi connectivity index (χ1) is 10.4. The molecule has 1 aliphatic heterocycles. The molecule has 2 N–H and O–H groups in total. The maximum Gasteiger partial charge on any atom is 0.208 e. The molecule has 0 aliphatic carbocycles. The summed E-state index contributed by atoms with van der Waals surface area (Å²) in [6.45, 7) is 2.67. The quantitative estimate of drug-likeness (QED) is 0.705. The Hall–Kier alpha value is -0.930. The fourth-order valence-electron chi connectivity index (χ4n) is 2.58. The van der Waals surface area contributed by atoms with Gasteiger partial charge in [0.05, 0.1) is 25.2 Å². The number of sulfonamides is 1. The van der Waals surface area contributed by atoms with Crippen LogP contribution in [0.5, 0.6) is 0 Å². The Balaban J connectivity index is 1.61. The van der Waals surface area contributed by atoms with E-state index < -0.39 is 16.1 Å². The van der Waals surface area contributed by atoms with Crippen molar-refractivity contribution in [2.75, 3.05) is 32.5 Å². The summed E-state index contributed by atoms with van der Waals surface area (Å²) in [6, 6.07) is 3.62. The predicted molar refractivity (Wildman–Crippen MR) is 81.8 cm³/mol. The highest BCUT2D eigenvalue weighted by atomic mass is 32.2. The van der Waals surface area contributed by atoms with Crippen LogP contribution in [0.4, 0.5) is 0 Å². The summed E-state index contributed by atoms with van der Waals surface area (Å²) in [5.74, 6) is 0.736. The van der Waals surface area contributed by atoms with Crippen LogP contribution in [0.25, 0.3) is 0 Å². The van der Waals surface area contributed by atoms with E-state index in [2.05, 4.69) is 9.62 Å². The van der Waals surface area contributed by atoms with Crippen molar-refractivity contribution in [2.24, 2.45) is 0 Å². The summed E-state index contributed by atoms with van der Waals surface area (Å²) < 4.78 is 35.6. The van der Waals surface area contributed by atoms with Gasteiger partial charge in [-0.3, -0.25) is 0 Å². The van der Waals surface area contributed by atoms with Gasteiger partial charge in [0.2, 0.25) is 10.0 Å². The molecule has 1 aromatic heterocycles. The van der Waals surface area contributed by atoms with Crippen molar-refractivity contribution in [3.8, 4) is 0 Å². The molecule has 1 saturated heterocycles.